The van der Waals surface area contributed by atoms with Crippen LogP contribution in [-0.4, -0.2) is 24.7 Å². The van der Waals surface area contributed by atoms with E-state index in [9.17, 15) is 10.2 Å². The van der Waals surface area contributed by atoms with Gasteiger partial charge < -0.3 is 14.9 Å². The summed E-state index contributed by atoms with van der Waals surface area (Å²) in [7, 11) is 0. The number of hydrogen-bond donors (Lipinski definition) is 1. The average molecular weight is 576 g/mol. The molecule has 2 aliphatic heterocycles. The molecule has 1 N–H and O–H groups in total. The Morgan fingerprint density at radius 2 is 1.60 bits per heavy atom. The largest absolute Gasteiger partial charge is 0.486 e. The Bertz CT molecular complexity index is 1590. The SMILES string of the molecule is CC1=C(C(=N)CC(CCC(=O)c2ccc3c(c2)OCCO3)=C2CC2)SC(Cc2ccccc2)=C(c2ccccc2)C1C. The summed E-state index contributed by atoms with van der Waals surface area (Å²) in [4.78, 5) is 15.6. The third-order valence-electron chi connectivity index (χ3n) is 8.44. The molecule has 214 valence electrons. The monoisotopic (exact) mass is 575 g/mol. The lowest BCUT2D eigenvalue weighted by Crippen LogP contribution is -2.16. The van der Waals surface area contributed by atoms with Gasteiger partial charge in [-0.25, -0.2) is 0 Å². The summed E-state index contributed by atoms with van der Waals surface area (Å²) in [6.07, 6.45) is 4.75. The van der Waals surface area contributed by atoms with Gasteiger partial charge in [0.2, 0.25) is 0 Å². The molecule has 2 heterocycles. The standard InChI is InChI=1S/C37H37NO3S/c1-24-25(2)37(42-35(21-26-9-5-3-6-10-26)36(24)28-11-7-4-8-12-28)31(38)22-29(27-13-14-27)15-17-32(39)30-16-18-33-34(23-30)41-20-19-40-33/h3-12,16,18,23-24,38H,13-15,17,19-22H2,1-2H3. The van der Waals surface area contributed by atoms with Gasteiger partial charge in [-0.3, -0.25) is 4.79 Å². The molecule has 1 unspecified atom stereocenters. The van der Waals surface area contributed by atoms with E-state index in [-0.39, 0.29) is 11.7 Å². The van der Waals surface area contributed by atoms with E-state index in [1.54, 1.807) is 11.8 Å². The van der Waals surface area contributed by atoms with Crippen LogP contribution in [-0.2, 0) is 6.42 Å². The number of rotatable bonds is 10. The molecule has 1 atom stereocenters. The molecule has 0 aromatic heterocycles. The zero-order chi connectivity index (χ0) is 29.1. The highest BCUT2D eigenvalue weighted by atomic mass is 32.2. The van der Waals surface area contributed by atoms with Crippen molar-refractivity contribution >= 4 is 28.8 Å². The topological polar surface area (TPSA) is 59.4 Å². The third-order valence-corrected chi connectivity index (χ3v) is 9.82. The van der Waals surface area contributed by atoms with Crippen LogP contribution in [0.1, 0.15) is 67.4 Å². The second kappa shape index (κ2) is 12.6. The third kappa shape index (κ3) is 6.32. The first-order valence-corrected chi connectivity index (χ1v) is 15.7. The molecular weight excluding hydrogens is 538 g/mol. The number of Topliss-reactive ketones (excluding diaryl/α,β-unsaturated/α-hetero) is 1. The Morgan fingerprint density at radius 3 is 2.31 bits per heavy atom. The highest BCUT2D eigenvalue weighted by Crippen LogP contribution is 2.48. The quantitative estimate of drug-likeness (QED) is 0.149. The first-order chi connectivity index (χ1) is 20.5. The minimum atomic E-state index is 0.105. The van der Waals surface area contributed by atoms with Crippen molar-refractivity contribution in [1.82, 2.24) is 0 Å². The van der Waals surface area contributed by atoms with E-state index in [0.717, 1.165) is 24.2 Å². The molecule has 5 heteroatoms. The van der Waals surface area contributed by atoms with Gasteiger partial charge in [0.15, 0.2) is 17.3 Å². The van der Waals surface area contributed by atoms with Gasteiger partial charge in [-0.05, 0) is 66.0 Å². The summed E-state index contributed by atoms with van der Waals surface area (Å²) in [6.45, 7) is 5.51. The average Bonchev–Trinajstić information content (AvgIpc) is 3.87. The number of benzene rings is 3. The molecule has 1 aliphatic carbocycles. The van der Waals surface area contributed by atoms with Gasteiger partial charge >= 0.3 is 0 Å². The first-order valence-electron chi connectivity index (χ1n) is 14.9. The molecule has 0 spiro atoms. The molecule has 1 saturated carbocycles. The van der Waals surface area contributed by atoms with E-state index in [1.165, 1.54) is 38.3 Å². The van der Waals surface area contributed by atoms with Crippen LogP contribution in [0.3, 0.4) is 0 Å². The zero-order valence-electron chi connectivity index (χ0n) is 24.4. The van der Waals surface area contributed by atoms with Crippen molar-refractivity contribution in [3.8, 4) is 11.5 Å². The number of ether oxygens (including phenoxy) is 2. The summed E-state index contributed by atoms with van der Waals surface area (Å²) in [6, 6.07) is 26.8. The summed E-state index contributed by atoms with van der Waals surface area (Å²) in [5.41, 5.74) is 9.18. The number of ketones is 1. The second-order valence-corrected chi connectivity index (χ2v) is 12.5. The van der Waals surface area contributed by atoms with Crippen LogP contribution in [0.4, 0.5) is 0 Å². The van der Waals surface area contributed by atoms with Crippen LogP contribution >= 0.6 is 11.8 Å². The first kappa shape index (κ1) is 28.3. The molecule has 3 aliphatic rings. The summed E-state index contributed by atoms with van der Waals surface area (Å²) in [5, 5.41) is 9.30. The van der Waals surface area contributed by atoms with Crippen LogP contribution in [0.5, 0.6) is 11.5 Å². The van der Waals surface area contributed by atoms with Gasteiger partial charge in [0.1, 0.15) is 13.2 Å². The molecular formula is C37H37NO3S. The smallest absolute Gasteiger partial charge is 0.163 e. The number of carbonyl (C=O) groups is 1. The maximum absolute atomic E-state index is 13.2. The van der Waals surface area contributed by atoms with Gasteiger partial charge in [-0.2, -0.15) is 0 Å². The van der Waals surface area contributed by atoms with Crippen molar-refractivity contribution < 1.29 is 14.3 Å². The number of allylic oxidation sites excluding steroid dienone is 6. The number of nitrogens with one attached hydrogen (secondary N) is 1. The second-order valence-electron chi connectivity index (χ2n) is 11.3. The van der Waals surface area contributed by atoms with Crippen LogP contribution in [0.15, 0.2) is 105 Å². The summed E-state index contributed by atoms with van der Waals surface area (Å²) >= 11 is 1.78. The fourth-order valence-corrected chi connectivity index (χ4v) is 7.30. The maximum atomic E-state index is 13.2. The predicted molar refractivity (Wildman–Crippen MR) is 173 cm³/mol. The van der Waals surface area contributed by atoms with E-state index < -0.39 is 0 Å². The number of fused-ring (bicyclic) bond motifs is 1. The van der Waals surface area contributed by atoms with Crippen LogP contribution < -0.4 is 9.47 Å². The molecule has 6 rings (SSSR count). The van der Waals surface area contributed by atoms with Crippen LogP contribution in [0, 0.1) is 11.3 Å². The van der Waals surface area contributed by atoms with E-state index in [4.69, 9.17) is 9.47 Å². The van der Waals surface area contributed by atoms with E-state index in [1.807, 2.05) is 18.2 Å². The van der Waals surface area contributed by atoms with Crippen molar-refractivity contribution in [3.63, 3.8) is 0 Å². The normalized spacial score (nSPS) is 17.8. The minimum Gasteiger partial charge on any atom is -0.486 e. The van der Waals surface area contributed by atoms with E-state index in [0.29, 0.717) is 55.3 Å². The van der Waals surface area contributed by atoms with Crippen molar-refractivity contribution in [2.75, 3.05) is 13.2 Å². The number of hydrogen-bond acceptors (Lipinski definition) is 5. The Hall–Kier alpha value is -3.83. The lowest BCUT2D eigenvalue weighted by Gasteiger charge is -2.30. The molecule has 3 aromatic carbocycles. The van der Waals surface area contributed by atoms with Crippen LogP contribution in [0.25, 0.3) is 5.57 Å². The molecule has 0 bridgehead atoms. The van der Waals surface area contributed by atoms with Gasteiger partial charge in [0.25, 0.3) is 0 Å². The molecule has 3 aromatic rings. The molecule has 4 nitrogen and oxygen atoms in total. The van der Waals surface area contributed by atoms with Gasteiger partial charge in [-0.15, -0.1) is 0 Å². The molecule has 0 saturated heterocycles. The number of thioether (sulfide) groups is 1. The van der Waals surface area contributed by atoms with Crippen molar-refractivity contribution in [3.05, 3.63) is 122 Å². The Labute approximate surface area is 253 Å². The lowest BCUT2D eigenvalue weighted by molar-refractivity contribution is 0.0981. The lowest BCUT2D eigenvalue weighted by atomic mass is 9.85. The fraction of sp³-hybridized carbons (Fsp3) is 0.297. The zero-order valence-corrected chi connectivity index (χ0v) is 25.2. The Kier molecular flexibility index (Phi) is 8.48. The highest BCUT2D eigenvalue weighted by molar-refractivity contribution is 8.07. The van der Waals surface area contributed by atoms with E-state index in [2.05, 4.69) is 74.5 Å². The molecule has 0 amide bonds. The maximum Gasteiger partial charge on any atom is 0.163 e. The van der Waals surface area contributed by atoms with Crippen molar-refractivity contribution in [2.45, 2.75) is 52.4 Å². The van der Waals surface area contributed by atoms with Crippen molar-refractivity contribution in [1.29, 1.82) is 5.41 Å². The van der Waals surface area contributed by atoms with Gasteiger partial charge in [0.05, 0.1) is 0 Å². The predicted octanol–water partition coefficient (Wildman–Crippen LogP) is 9.23. The van der Waals surface area contributed by atoms with Gasteiger partial charge in [0, 0.05) is 41.4 Å². The Balaban J connectivity index is 1.19. The molecule has 0 radical (unpaired) electrons. The summed E-state index contributed by atoms with van der Waals surface area (Å²) in [5.74, 6) is 1.67. The van der Waals surface area contributed by atoms with E-state index >= 15 is 0 Å². The fourth-order valence-electron chi connectivity index (χ4n) is 5.88. The Morgan fingerprint density at radius 1 is 0.905 bits per heavy atom. The van der Waals surface area contributed by atoms with Gasteiger partial charge in [-0.1, -0.05) is 96.1 Å². The van der Waals surface area contributed by atoms with Crippen LogP contribution in [0.2, 0.25) is 0 Å². The summed E-state index contributed by atoms with van der Waals surface area (Å²) < 4.78 is 11.3. The highest BCUT2D eigenvalue weighted by Gasteiger charge is 2.29. The minimum absolute atomic E-state index is 0.105. The number of carbonyl (C=O) groups excluding carboxylic acids is 1. The molecule has 42 heavy (non-hydrogen) atoms. The van der Waals surface area contributed by atoms with Crippen molar-refractivity contribution in [2.24, 2.45) is 5.92 Å². The molecule has 1 fully saturated rings.